The number of nitrogens with one attached hydrogen (secondary N) is 2. The second-order valence-corrected chi connectivity index (χ2v) is 7.65. The standard InChI is InChI=1S/C20H15ClN4O3S/c21-14-4-2-1-3-12(14)10-17-19(27)25(20(28)29-17)8-7-22-18(26)13-5-6-15-16(9-13)24-11-23-15/h1-6,9-11H,7-8H2,(H,22,26)(H,23,24)/b17-10-. The molecule has 0 aliphatic carbocycles. The molecular formula is C20H15ClN4O3S. The second-order valence-electron chi connectivity index (χ2n) is 6.25. The van der Waals surface area contributed by atoms with E-state index in [4.69, 9.17) is 11.6 Å². The number of halogens is 1. The van der Waals surface area contributed by atoms with Gasteiger partial charge in [0.05, 0.1) is 22.3 Å². The smallest absolute Gasteiger partial charge is 0.293 e. The number of carbonyl (C=O) groups excluding carboxylic acids is 3. The third-order valence-corrected chi connectivity index (χ3v) is 5.62. The van der Waals surface area contributed by atoms with Gasteiger partial charge in [-0.05, 0) is 47.7 Å². The molecule has 0 atom stereocenters. The van der Waals surface area contributed by atoms with Gasteiger partial charge in [-0.3, -0.25) is 19.3 Å². The molecule has 1 saturated heterocycles. The first kappa shape index (κ1) is 19.2. The molecule has 7 nitrogen and oxygen atoms in total. The quantitative estimate of drug-likeness (QED) is 0.607. The van der Waals surface area contributed by atoms with Crippen molar-refractivity contribution in [1.82, 2.24) is 20.2 Å². The van der Waals surface area contributed by atoms with Crippen LogP contribution in [0.2, 0.25) is 5.02 Å². The topological polar surface area (TPSA) is 95.2 Å². The van der Waals surface area contributed by atoms with E-state index in [0.29, 0.717) is 21.1 Å². The number of hydrogen-bond acceptors (Lipinski definition) is 5. The molecule has 2 N–H and O–H groups in total. The number of imidazole rings is 1. The molecule has 0 unspecified atom stereocenters. The maximum absolute atomic E-state index is 12.5. The average Bonchev–Trinajstić information content (AvgIpc) is 3.28. The number of thioether (sulfide) groups is 1. The van der Waals surface area contributed by atoms with Crippen LogP contribution in [0.3, 0.4) is 0 Å². The monoisotopic (exact) mass is 426 g/mol. The van der Waals surface area contributed by atoms with Crippen LogP contribution in [0.4, 0.5) is 4.79 Å². The second kappa shape index (κ2) is 8.10. The minimum atomic E-state index is -0.395. The highest BCUT2D eigenvalue weighted by Gasteiger charge is 2.34. The van der Waals surface area contributed by atoms with E-state index in [1.165, 1.54) is 0 Å². The van der Waals surface area contributed by atoms with Crippen LogP contribution in [0.5, 0.6) is 0 Å². The van der Waals surface area contributed by atoms with Gasteiger partial charge in [-0.2, -0.15) is 0 Å². The zero-order chi connectivity index (χ0) is 20.4. The summed E-state index contributed by atoms with van der Waals surface area (Å²) in [7, 11) is 0. The van der Waals surface area contributed by atoms with E-state index in [1.807, 2.05) is 0 Å². The lowest BCUT2D eigenvalue weighted by atomic mass is 10.2. The molecule has 0 bridgehead atoms. The minimum Gasteiger partial charge on any atom is -0.350 e. The summed E-state index contributed by atoms with van der Waals surface area (Å²) in [6.45, 7) is 0.236. The van der Waals surface area contributed by atoms with Crippen LogP contribution in [-0.2, 0) is 4.79 Å². The highest BCUT2D eigenvalue weighted by Crippen LogP contribution is 2.33. The molecule has 1 fully saturated rings. The zero-order valence-corrected chi connectivity index (χ0v) is 16.6. The number of aromatic amines is 1. The number of hydrogen-bond donors (Lipinski definition) is 2. The lowest BCUT2D eigenvalue weighted by Crippen LogP contribution is -2.37. The van der Waals surface area contributed by atoms with Crippen molar-refractivity contribution in [2.24, 2.45) is 0 Å². The Morgan fingerprint density at radius 3 is 2.90 bits per heavy atom. The number of rotatable bonds is 5. The number of fused-ring (bicyclic) bond motifs is 1. The fourth-order valence-corrected chi connectivity index (χ4v) is 3.93. The van der Waals surface area contributed by atoms with Crippen molar-refractivity contribution in [1.29, 1.82) is 0 Å². The summed E-state index contributed by atoms with van der Waals surface area (Å²) >= 11 is 6.97. The molecular weight excluding hydrogens is 412 g/mol. The zero-order valence-electron chi connectivity index (χ0n) is 15.0. The number of amides is 3. The number of H-pyrrole nitrogens is 1. The van der Waals surface area contributed by atoms with Gasteiger partial charge in [-0.1, -0.05) is 29.8 Å². The number of carbonyl (C=O) groups is 3. The predicted octanol–water partition coefficient (Wildman–Crippen LogP) is 3.68. The van der Waals surface area contributed by atoms with E-state index in [9.17, 15) is 14.4 Å². The van der Waals surface area contributed by atoms with E-state index in [1.54, 1.807) is 54.9 Å². The Hall–Kier alpha value is -3.10. The van der Waals surface area contributed by atoms with Gasteiger partial charge >= 0.3 is 0 Å². The Balaban J connectivity index is 1.38. The summed E-state index contributed by atoms with van der Waals surface area (Å²) in [6, 6.07) is 12.2. The maximum atomic E-state index is 12.5. The Kier molecular flexibility index (Phi) is 5.37. The molecule has 3 amide bonds. The summed E-state index contributed by atoms with van der Waals surface area (Å²) in [5.41, 5.74) is 2.66. The number of nitrogens with zero attached hydrogens (tertiary/aromatic N) is 2. The summed E-state index contributed by atoms with van der Waals surface area (Å²) < 4.78 is 0. The van der Waals surface area contributed by atoms with Crippen LogP contribution in [0.25, 0.3) is 17.1 Å². The third kappa shape index (κ3) is 4.03. The van der Waals surface area contributed by atoms with Crippen LogP contribution in [0, 0.1) is 0 Å². The van der Waals surface area contributed by atoms with Crippen molar-refractivity contribution < 1.29 is 14.4 Å². The van der Waals surface area contributed by atoms with Gasteiger partial charge < -0.3 is 10.3 Å². The van der Waals surface area contributed by atoms with Crippen molar-refractivity contribution in [2.45, 2.75) is 0 Å². The predicted molar refractivity (Wildman–Crippen MR) is 113 cm³/mol. The number of benzene rings is 2. The molecule has 2 heterocycles. The summed E-state index contributed by atoms with van der Waals surface area (Å²) in [5, 5.41) is 2.86. The fraction of sp³-hybridized carbons (Fsp3) is 0.100. The third-order valence-electron chi connectivity index (χ3n) is 4.37. The lowest BCUT2D eigenvalue weighted by molar-refractivity contribution is -0.122. The molecule has 4 rings (SSSR count). The van der Waals surface area contributed by atoms with Crippen molar-refractivity contribution in [2.75, 3.05) is 13.1 Å². The van der Waals surface area contributed by atoms with E-state index in [-0.39, 0.29) is 24.2 Å². The lowest BCUT2D eigenvalue weighted by Gasteiger charge is -2.13. The highest BCUT2D eigenvalue weighted by atomic mass is 35.5. The number of aromatic nitrogens is 2. The molecule has 29 heavy (non-hydrogen) atoms. The summed E-state index contributed by atoms with van der Waals surface area (Å²) in [6.07, 6.45) is 3.16. The van der Waals surface area contributed by atoms with Crippen LogP contribution in [-0.4, -0.2) is 45.0 Å². The molecule has 3 aromatic rings. The molecule has 146 valence electrons. The molecule has 0 spiro atoms. The first-order chi connectivity index (χ1) is 14.0. The van der Waals surface area contributed by atoms with Gasteiger partial charge in [-0.15, -0.1) is 0 Å². The summed E-state index contributed by atoms with van der Waals surface area (Å²) in [5.74, 6) is -0.687. The van der Waals surface area contributed by atoms with E-state index in [0.717, 1.165) is 27.7 Å². The van der Waals surface area contributed by atoms with Gasteiger partial charge in [0.15, 0.2) is 0 Å². The van der Waals surface area contributed by atoms with Crippen molar-refractivity contribution >= 4 is 57.5 Å². The Bertz CT molecular complexity index is 1160. The van der Waals surface area contributed by atoms with Crippen LogP contribution in [0.1, 0.15) is 15.9 Å². The average molecular weight is 427 g/mol. The fourth-order valence-electron chi connectivity index (χ4n) is 2.89. The van der Waals surface area contributed by atoms with Gasteiger partial charge in [0.25, 0.3) is 17.1 Å². The Morgan fingerprint density at radius 2 is 2.07 bits per heavy atom. The van der Waals surface area contributed by atoms with E-state index >= 15 is 0 Å². The molecule has 0 radical (unpaired) electrons. The van der Waals surface area contributed by atoms with Crippen LogP contribution >= 0.6 is 23.4 Å². The number of imide groups is 1. The minimum absolute atomic E-state index is 0.0859. The normalized spacial score (nSPS) is 15.5. The Morgan fingerprint density at radius 1 is 1.24 bits per heavy atom. The highest BCUT2D eigenvalue weighted by molar-refractivity contribution is 8.18. The van der Waals surface area contributed by atoms with E-state index in [2.05, 4.69) is 15.3 Å². The van der Waals surface area contributed by atoms with Gasteiger partial charge in [0, 0.05) is 23.7 Å². The largest absolute Gasteiger partial charge is 0.350 e. The molecule has 9 heteroatoms. The van der Waals surface area contributed by atoms with Gasteiger partial charge in [0.1, 0.15) is 0 Å². The van der Waals surface area contributed by atoms with Crippen LogP contribution in [0.15, 0.2) is 53.7 Å². The van der Waals surface area contributed by atoms with Crippen LogP contribution < -0.4 is 5.32 Å². The molecule has 0 saturated carbocycles. The molecule has 1 aliphatic heterocycles. The van der Waals surface area contributed by atoms with E-state index < -0.39 is 5.91 Å². The molecule has 2 aromatic carbocycles. The summed E-state index contributed by atoms with van der Waals surface area (Å²) in [4.78, 5) is 45.5. The molecule has 1 aromatic heterocycles. The van der Waals surface area contributed by atoms with Gasteiger partial charge in [0.2, 0.25) is 0 Å². The first-order valence-electron chi connectivity index (χ1n) is 8.74. The van der Waals surface area contributed by atoms with Crippen molar-refractivity contribution in [3.8, 4) is 0 Å². The maximum Gasteiger partial charge on any atom is 0.293 e. The Labute approximate surface area is 175 Å². The van der Waals surface area contributed by atoms with Crippen molar-refractivity contribution in [3.63, 3.8) is 0 Å². The van der Waals surface area contributed by atoms with Gasteiger partial charge in [-0.25, -0.2) is 4.98 Å². The van der Waals surface area contributed by atoms with Crippen molar-refractivity contribution in [3.05, 3.63) is 69.8 Å². The molecule has 1 aliphatic rings. The first-order valence-corrected chi connectivity index (χ1v) is 9.93. The SMILES string of the molecule is O=C(NCCN1C(=O)S/C(=C\c2ccccc2Cl)C1=O)c1ccc2nc[nH]c2c1.